The molecule has 0 fully saturated rings. The van der Waals surface area contributed by atoms with Gasteiger partial charge < -0.3 is 10.6 Å². The number of thiophene rings is 1. The van der Waals surface area contributed by atoms with Gasteiger partial charge in [-0.1, -0.05) is 29.8 Å². The van der Waals surface area contributed by atoms with E-state index in [0.717, 1.165) is 33.2 Å². The second-order valence-corrected chi connectivity index (χ2v) is 8.24. The SMILES string of the molecule is Cc1ccc2nc3sc(C(=O)N4c5ccccc5C[C@@H]4C)c(N)c3cc2c1. The molecule has 0 unspecified atom stereocenters. The van der Waals surface area contributed by atoms with E-state index in [4.69, 9.17) is 10.7 Å². The van der Waals surface area contributed by atoms with Crippen LogP contribution in [0.15, 0.2) is 48.5 Å². The van der Waals surface area contributed by atoms with Crippen molar-refractivity contribution in [2.24, 2.45) is 0 Å². The number of amides is 1. The molecule has 1 aliphatic heterocycles. The highest BCUT2D eigenvalue weighted by molar-refractivity contribution is 7.21. The molecule has 2 aromatic heterocycles. The van der Waals surface area contributed by atoms with Crippen molar-refractivity contribution in [2.75, 3.05) is 10.6 Å². The molecule has 1 aliphatic rings. The van der Waals surface area contributed by atoms with Gasteiger partial charge in [0.25, 0.3) is 5.91 Å². The number of fused-ring (bicyclic) bond motifs is 3. The molecule has 5 heteroatoms. The number of aryl methyl sites for hydroxylation is 1. The molecule has 0 saturated heterocycles. The molecule has 27 heavy (non-hydrogen) atoms. The van der Waals surface area contributed by atoms with E-state index in [2.05, 4.69) is 32.0 Å². The number of para-hydroxylation sites is 1. The number of nitrogens with zero attached hydrogens (tertiary/aromatic N) is 2. The molecule has 1 amide bonds. The molecular weight excluding hydrogens is 354 g/mol. The number of rotatable bonds is 1. The van der Waals surface area contributed by atoms with Crippen molar-refractivity contribution in [3.8, 4) is 0 Å². The summed E-state index contributed by atoms with van der Waals surface area (Å²) in [4.78, 5) is 21.4. The Kier molecular flexibility index (Phi) is 3.49. The normalized spacial score (nSPS) is 16.2. The Labute approximate surface area is 161 Å². The van der Waals surface area contributed by atoms with E-state index in [-0.39, 0.29) is 11.9 Å². The van der Waals surface area contributed by atoms with Crippen molar-refractivity contribution < 1.29 is 4.79 Å². The van der Waals surface area contributed by atoms with E-state index in [0.29, 0.717) is 10.6 Å². The van der Waals surface area contributed by atoms with Crippen LogP contribution in [0.5, 0.6) is 0 Å². The lowest BCUT2D eigenvalue weighted by molar-refractivity contribution is 0.0986. The molecule has 4 aromatic rings. The lowest BCUT2D eigenvalue weighted by Crippen LogP contribution is -2.35. The Bertz CT molecular complexity index is 1230. The first kappa shape index (κ1) is 16.3. The van der Waals surface area contributed by atoms with E-state index >= 15 is 0 Å². The lowest BCUT2D eigenvalue weighted by Gasteiger charge is -2.22. The van der Waals surface area contributed by atoms with Crippen LogP contribution < -0.4 is 10.6 Å². The van der Waals surface area contributed by atoms with Crippen LogP contribution in [0.1, 0.15) is 27.7 Å². The minimum absolute atomic E-state index is 0.0341. The maximum absolute atomic E-state index is 13.4. The Morgan fingerprint density at radius 3 is 2.89 bits per heavy atom. The van der Waals surface area contributed by atoms with Crippen LogP contribution in [0.2, 0.25) is 0 Å². The van der Waals surface area contributed by atoms with E-state index in [1.54, 1.807) is 0 Å². The van der Waals surface area contributed by atoms with Crippen molar-refractivity contribution in [2.45, 2.75) is 26.3 Å². The molecule has 0 spiro atoms. The summed E-state index contributed by atoms with van der Waals surface area (Å²) in [6, 6.07) is 16.4. The van der Waals surface area contributed by atoms with Gasteiger partial charge in [-0.25, -0.2) is 4.98 Å². The quantitative estimate of drug-likeness (QED) is 0.514. The molecule has 5 rings (SSSR count). The summed E-state index contributed by atoms with van der Waals surface area (Å²) >= 11 is 1.39. The highest BCUT2D eigenvalue weighted by atomic mass is 32.1. The molecule has 0 bridgehead atoms. The van der Waals surface area contributed by atoms with Crippen molar-refractivity contribution in [1.82, 2.24) is 4.98 Å². The average molecular weight is 373 g/mol. The zero-order chi connectivity index (χ0) is 18.7. The minimum Gasteiger partial charge on any atom is -0.397 e. The Morgan fingerprint density at radius 1 is 1.22 bits per heavy atom. The van der Waals surface area contributed by atoms with Crippen LogP contribution in [-0.4, -0.2) is 16.9 Å². The monoisotopic (exact) mass is 373 g/mol. The van der Waals surface area contributed by atoms with Gasteiger partial charge in [-0.3, -0.25) is 4.79 Å². The van der Waals surface area contributed by atoms with Gasteiger partial charge in [0.2, 0.25) is 0 Å². The minimum atomic E-state index is -0.0341. The third kappa shape index (κ3) is 2.42. The number of hydrogen-bond donors (Lipinski definition) is 1. The molecular formula is C22H19N3OS. The lowest BCUT2D eigenvalue weighted by atomic mass is 10.1. The first-order valence-electron chi connectivity index (χ1n) is 9.04. The second-order valence-electron chi connectivity index (χ2n) is 7.24. The summed E-state index contributed by atoms with van der Waals surface area (Å²) in [6.07, 6.45) is 0.869. The molecule has 3 heterocycles. The van der Waals surface area contributed by atoms with Crippen LogP contribution >= 0.6 is 11.3 Å². The average Bonchev–Trinajstić information content (AvgIpc) is 3.16. The fourth-order valence-corrected chi connectivity index (χ4v) is 4.99. The third-order valence-corrected chi connectivity index (χ3v) is 6.39. The van der Waals surface area contributed by atoms with Gasteiger partial charge in [0.15, 0.2) is 0 Å². The maximum Gasteiger partial charge on any atom is 0.270 e. The molecule has 0 saturated carbocycles. The van der Waals surface area contributed by atoms with E-state index in [1.807, 2.05) is 35.2 Å². The Hall–Kier alpha value is -2.92. The molecule has 1 atom stereocenters. The van der Waals surface area contributed by atoms with Crippen LogP contribution in [0, 0.1) is 6.92 Å². The number of anilines is 2. The number of aromatic nitrogens is 1. The number of pyridine rings is 1. The zero-order valence-corrected chi connectivity index (χ0v) is 16.0. The van der Waals surface area contributed by atoms with Crippen LogP contribution in [-0.2, 0) is 6.42 Å². The highest BCUT2D eigenvalue weighted by Crippen LogP contribution is 2.39. The summed E-state index contributed by atoms with van der Waals surface area (Å²) in [6.45, 7) is 4.14. The molecule has 0 aliphatic carbocycles. The number of carbonyl (C=O) groups excluding carboxylic acids is 1. The van der Waals surface area contributed by atoms with Crippen LogP contribution in [0.4, 0.5) is 11.4 Å². The van der Waals surface area contributed by atoms with Gasteiger partial charge in [-0.15, -0.1) is 11.3 Å². The first-order chi connectivity index (χ1) is 13.0. The first-order valence-corrected chi connectivity index (χ1v) is 9.85. The van der Waals surface area contributed by atoms with Gasteiger partial charge in [0.1, 0.15) is 9.71 Å². The smallest absolute Gasteiger partial charge is 0.270 e. The highest BCUT2D eigenvalue weighted by Gasteiger charge is 2.33. The molecule has 2 aromatic carbocycles. The van der Waals surface area contributed by atoms with Crippen LogP contribution in [0.3, 0.4) is 0 Å². The van der Waals surface area contributed by atoms with Gasteiger partial charge >= 0.3 is 0 Å². The zero-order valence-electron chi connectivity index (χ0n) is 15.2. The third-order valence-electron chi connectivity index (χ3n) is 5.29. The van der Waals surface area contributed by atoms with Crippen molar-refractivity contribution in [1.29, 1.82) is 0 Å². The summed E-state index contributed by atoms with van der Waals surface area (Å²) in [5.74, 6) is -0.0341. The summed E-state index contributed by atoms with van der Waals surface area (Å²) < 4.78 is 0. The van der Waals surface area contributed by atoms with E-state index in [9.17, 15) is 4.79 Å². The standard InChI is InChI=1S/C22H19N3OS/c1-12-7-8-17-15(9-12)11-16-19(23)20(27-21(16)24-17)22(26)25-13(2)10-14-5-3-4-6-18(14)25/h3-9,11,13H,10,23H2,1-2H3/t13-/m0/s1. The second kappa shape index (κ2) is 5.79. The number of carbonyl (C=O) groups is 1. The number of nitrogen functional groups attached to an aromatic ring is 1. The fourth-order valence-electron chi connectivity index (χ4n) is 3.97. The summed E-state index contributed by atoms with van der Waals surface area (Å²) in [5.41, 5.74) is 11.3. The number of hydrogen-bond acceptors (Lipinski definition) is 4. The van der Waals surface area contributed by atoms with Crippen LogP contribution in [0.25, 0.3) is 21.1 Å². The largest absolute Gasteiger partial charge is 0.397 e. The predicted molar refractivity (Wildman–Crippen MR) is 113 cm³/mol. The molecule has 134 valence electrons. The summed E-state index contributed by atoms with van der Waals surface area (Å²) in [7, 11) is 0. The predicted octanol–water partition coefficient (Wildman–Crippen LogP) is 4.93. The van der Waals surface area contributed by atoms with E-state index in [1.165, 1.54) is 22.5 Å². The topological polar surface area (TPSA) is 59.2 Å². The van der Waals surface area contributed by atoms with Crippen molar-refractivity contribution >= 4 is 49.7 Å². The van der Waals surface area contributed by atoms with Gasteiger partial charge in [-0.2, -0.15) is 0 Å². The molecule has 2 N–H and O–H groups in total. The van der Waals surface area contributed by atoms with Crippen molar-refractivity contribution in [3.63, 3.8) is 0 Å². The van der Waals surface area contributed by atoms with Gasteiger partial charge in [-0.05, 0) is 50.1 Å². The Balaban J connectivity index is 1.65. The molecule has 0 radical (unpaired) electrons. The maximum atomic E-state index is 13.4. The van der Waals surface area contributed by atoms with Gasteiger partial charge in [0.05, 0.1) is 11.2 Å². The Morgan fingerprint density at radius 2 is 2.04 bits per heavy atom. The fraction of sp³-hybridized carbons (Fsp3) is 0.182. The van der Waals surface area contributed by atoms with Crippen molar-refractivity contribution in [3.05, 3.63) is 64.5 Å². The summed E-state index contributed by atoms with van der Waals surface area (Å²) in [5, 5.41) is 1.91. The van der Waals surface area contributed by atoms with E-state index < -0.39 is 0 Å². The number of benzene rings is 2. The number of nitrogens with two attached hydrogens (primary N) is 1. The van der Waals surface area contributed by atoms with Gasteiger partial charge in [0, 0.05) is 22.5 Å². The molecule has 4 nitrogen and oxygen atoms in total.